The fourth-order valence-electron chi connectivity index (χ4n) is 1.76. The van der Waals surface area contributed by atoms with Gasteiger partial charge in [-0.05, 0) is 36.8 Å². The van der Waals surface area contributed by atoms with Crippen molar-refractivity contribution in [3.63, 3.8) is 0 Å². The lowest BCUT2D eigenvalue weighted by atomic mass is 10.2. The summed E-state index contributed by atoms with van der Waals surface area (Å²) in [5.74, 6) is 0.573. The van der Waals surface area contributed by atoms with Crippen LogP contribution in [-0.2, 0) is 6.42 Å². The summed E-state index contributed by atoms with van der Waals surface area (Å²) < 4.78 is 28.4. The molecule has 0 radical (unpaired) electrons. The van der Waals surface area contributed by atoms with Crippen molar-refractivity contribution in [3.8, 4) is 17.1 Å². The molecule has 6 heteroatoms. The van der Waals surface area contributed by atoms with Crippen LogP contribution in [0, 0.1) is 0 Å². The van der Waals surface area contributed by atoms with Gasteiger partial charge in [0.15, 0.2) is 5.82 Å². The standard InChI is InChI=1S/C14H13ClF2N2O/c1-2-3-10-8-12(15)19-13(18-10)9-4-6-11(7-5-9)20-14(16)17/h4-8,14H,2-3H2,1H3. The van der Waals surface area contributed by atoms with Crippen molar-refractivity contribution >= 4 is 11.6 Å². The second-order valence-electron chi connectivity index (χ2n) is 4.16. The van der Waals surface area contributed by atoms with Gasteiger partial charge in [-0.15, -0.1) is 0 Å². The Kier molecular flexibility index (Phi) is 4.84. The Balaban J connectivity index is 2.26. The zero-order chi connectivity index (χ0) is 14.5. The molecule has 0 aliphatic rings. The van der Waals surface area contributed by atoms with E-state index >= 15 is 0 Å². The number of rotatable bonds is 5. The van der Waals surface area contributed by atoms with Gasteiger partial charge >= 0.3 is 6.61 Å². The molecule has 0 fully saturated rings. The average molecular weight is 299 g/mol. The van der Waals surface area contributed by atoms with Gasteiger partial charge in [0, 0.05) is 11.3 Å². The smallest absolute Gasteiger partial charge is 0.387 e. The summed E-state index contributed by atoms with van der Waals surface area (Å²) in [5.41, 5.74) is 1.56. The summed E-state index contributed by atoms with van der Waals surface area (Å²) in [7, 11) is 0. The number of hydrogen-bond acceptors (Lipinski definition) is 3. The van der Waals surface area contributed by atoms with E-state index in [9.17, 15) is 8.78 Å². The molecule has 0 aliphatic carbocycles. The molecule has 1 heterocycles. The van der Waals surface area contributed by atoms with Crippen molar-refractivity contribution in [2.24, 2.45) is 0 Å². The molecule has 1 aromatic heterocycles. The van der Waals surface area contributed by atoms with E-state index in [0.29, 0.717) is 16.5 Å². The molecular weight excluding hydrogens is 286 g/mol. The minimum absolute atomic E-state index is 0.0968. The first-order valence-electron chi connectivity index (χ1n) is 6.17. The van der Waals surface area contributed by atoms with E-state index in [1.807, 2.05) is 6.92 Å². The highest BCUT2D eigenvalue weighted by Crippen LogP contribution is 2.22. The zero-order valence-corrected chi connectivity index (χ0v) is 11.6. The number of ether oxygens (including phenoxy) is 1. The van der Waals surface area contributed by atoms with Crippen molar-refractivity contribution in [1.82, 2.24) is 9.97 Å². The molecule has 0 unspecified atom stereocenters. The molecular formula is C14H13ClF2N2O. The van der Waals surface area contributed by atoms with Gasteiger partial charge in [0.1, 0.15) is 10.9 Å². The summed E-state index contributed by atoms with van der Waals surface area (Å²) >= 11 is 5.96. The van der Waals surface area contributed by atoms with E-state index < -0.39 is 6.61 Å². The summed E-state index contributed by atoms with van der Waals surface area (Å²) in [4.78, 5) is 8.54. The molecule has 1 aromatic carbocycles. The Morgan fingerprint density at radius 1 is 1.20 bits per heavy atom. The van der Waals surface area contributed by atoms with Gasteiger partial charge < -0.3 is 4.74 Å². The van der Waals surface area contributed by atoms with Crippen molar-refractivity contribution < 1.29 is 13.5 Å². The third kappa shape index (κ3) is 3.87. The third-order valence-corrected chi connectivity index (χ3v) is 2.79. The van der Waals surface area contributed by atoms with Gasteiger partial charge in [0.25, 0.3) is 0 Å². The van der Waals surface area contributed by atoms with Gasteiger partial charge in [-0.25, -0.2) is 9.97 Å². The molecule has 3 nitrogen and oxygen atoms in total. The molecule has 0 amide bonds. The van der Waals surface area contributed by atoms with Crippen LogP contribution in [0.25, 0.3) is 11.4 Å². The Morgan fingerprint density at radius 3 is 2.50 bits per heavy atom. The fourth-order valence-corrected chi connectivity index (χ4v) is 1.97. The van der Waals surface area contributed by atoms with Gasteiger partial charge in [-0.2, -0.15) is 8.78 Å². The van der Waals surface area contributed by atoms with Crippen molar-refractivity contribution in [2.75, 3.05) is 0 Å². The summed E-state index contributed by atoms with van der Waals surface area (Å²) in [6.07, 6.45) is 1.76. The number of hydrogen-bond donors (Lipinski definition) is 0. The zero-order valence-electron chi connectivity index (χ0n) is 10.8. The Hall–Kier alpha value is -1.75. The molecule has 0 bridgehead atoms. The minimum atomic E-state index is -2.83. The van der Waals surface area contributed by atoms with Crippen LogP contribution in [0.5, 0.6) is 5.75 Å². The molecule has 20 heavy (non-hydrogen) atoms. The molecule has 0 N–H and O–H groups in total. The van der Waals surface area contributed by atoms with Gasteiger partial charge in [-0.3, -0.25) is 0 Å². The lowest BCUT2D eigenvalue weighted by molar-refractivity contribution is -0.0498. The lowest BCUT2D eigenvalue weighted by Gasteiger charge is -2.07. The van der Waals surface area contributed by atoms with Crippen LogP contribution in [0.1, 0.15) is 19.0 Å². The second kappa shape index (κ2) is 6.61. The summed E-state index contributed by atoms with van der Waals surface area (Å²) in [6.45, 7) is -0.786. The van der Waals surface area contributed by atoms with E-state index in [-0.39, 0.29) is 5.75 Å². The van der Waals surface area contributed by atoms with Crippen molar-refractivity contribution in [1.29, 1.82) is 0 Å². The maximum atomic E-state index is 12.1. The third-order valence-electron chi connectivity index (χ3n) is 2.59. The monoisotopic (exact) mass is 298 g/mol. The normalized spacial score (nSPS) is 10.8. The highest BCUT2D eigenvalue weighted by molar-refractivity contribution is 6.29. The molecule has 2 aromatic rings. The Bertz CT molecular complexity index is 576. The lowest BCUT2D eigenvalue weighted by Crippen LogP contribution is -2.01. The molecule has 0 aliphatic heterocycles. The highest BCUT2D eigenvalue weighted by Gasteiger charge is 2.08. The highest BCUT2D eigenvalue weighted by atomic mass is 35.5. The average Bonchev–Trinajstić information content (AvgIpc) is 2.38. The van der Waals surface area contributed by atoms with E-state index in [1.54, 1.807) is 18.2 Å². The van der Waals surface area contributed by atoms with Gasteiger partial charge in [0.05, 0.1) is 0 Å². The van der Waals surface area contributed by atoms with Gasteiger partial charge in [-0.1, -0.05) is 24.9 Å². The number of aryl methyl sites for hydroxylation is 1. The molecule has 0 saturated heterocycles. The Morgan fingerprint density at radius 2 is 1.90 bits per heavy atom. The van der Waals surface area contributed by atoms with Crippen LogP contribution in [0.3, 0.4) is 0 Å². The fraction of sp³-hybridized carbons (Fsp3) is 0.286. The maximum absolute atomic E-state index is 12.1. The van der Waals surface area contributed by atoms with Crippen molar-refractivity contribution in [2.45, 2.75) is 26.4 Å². The van der Waals surface area contributed by atoms with Crippen molar-refractivity contribution in [3.05, 3.63) is 41.2 Å². The van der Waals surface area contributed by atoms with Crippen LogP contribution in [0.4, 0.5) is 8.78 Å². The predicted octanol–water partition coefficient (Wildman–Crippen LogP) is 4.35. The molecule has 106 valence electrons. The van der Waals surface area contributed by atoms with Crippen LogP contribution in [-0.4, -0.2) is 16.6 Å². The Labute approximate surface area is 120 Å². The van der Waals surface area contributed by atoms with E-state index in [4.69, 9.17) is 11.6 Å². The minimum Gasteiger partial charge on any atom is -0.435 e. The van der Waals surface area contributed by atoms with Crippen LogP contribution < -0.4 is 4.74 Å². The molecule has 0 saturated carbocycles. The first-order chi connectivity index (χ1) is 9.58. The van der Waals surface area contributed by atoms with Crippen LogP contribution >= 0.6 is 11.6 Å². The molecule has 0 spiro atoms. The summed E-state index contributed by atoms with van der Waals surface area (Å²) in [6, 6.07) is 7.87. The molecule has 0 atom stereocenters. The van der Waals surface area contributed by atoms with E-state index in [2.05, 4.69) is 14.7 Å². The quantitative estimate of drug-likeness (QED) is 0.770. The summed E-state index contributed by atoms with van der Waals surface area (Å²) in [5, 5.41) is 0.367. The van der Waals surface area contributed by atoms with Crippen LogP contribution in [0.2, 0.25) is 5.15 Å². The number of nitrogens with zero attached hydrogens (tertiary/aromatic N) is 2. The number of benzene rings is 1. The largest absolute Gasteiger partial charge is 0.435 e. The number of aromatic nitrogens is 2. The number of alkyl halides is 2. The van der Waals surface area contributed by atoms with E-state index in [0.717, 1.165) is 18.5 Å². The SMILES string of the molecule is CCCc1cc(Cl)nc(-c2ccc(OC(F)F)cc2)n1. The first kappa shape index (κ1) is 14.7. The van der Waals surface area contributed by atoms with Crippen LogP contribution in [0.15, 0.2) is 30.3 Å². The topological polar surface area (TPSA) is 35.0 Å². The maximum Gasteiger partial charge on any atom is 0.387 e. The first-order valence-corrected chi connectivity index (χ1v) is 6.55. The number of halogens is 3. The van der Waals surface area contributed by atoms with Gasteiger partial charge in [0.2, 0.25) is 0 Å². The van der Waals surface area contributed by atoms with E-state index in [1.165, 1.54) is 12.1 Å². The second-order valence-corrected chi connectivity index (χ2v) is 4.55. The molecule has 2 rings (SSSR count). The predicted molar refractivity (Wildman–Crippen MR) is 73.1 cm³/mol.